The molecule has 0 amide bonds. The van der Waals surface area contributed by atoms with Crippen molar-refractivity contribution in [2.24, 2.45) is 5.73 Å². The number of aromatic nitrogens is 2. The number of nitrogens with zero attached hydrogens (tertiary/aromatic N) is 2. The molecule has 0 aromatic carbocycles. The third-order valence-electron chi connectivity index (χ3n) is 2.30. The van der Waals surface area contributed by atoms with Gasteiger partial charge in [0.25, 0.3) is 0 Å². The van der Waals surface area contributed by atoms with Crippen LogP contribution >= 0.6 is 0 Å². The van der Waals surface area contributed by atoms with Crippen LogP contribution in [0.15, 0.2) is 12.4 Å². The molecule has 0 saturated carbocycles. The molecule has 1 rings (SSSR count). The van der Waals surface area contributed by atoms with Crippen molar-refractivity contribution in [1.29, 1.82) is 0 Å². The Morgan fingerprint density at radius 1 is 1.19 bits per heavy atom. The first-order valence-corrected chi connectivity index (χ1v) is 5.34. The third-order valence-corrected chi connectivity index (χ3v) is 2.30. The monoisotopic (exact) mass is 235 g/mol. The summed E-state index contributed by atoms with van der Waals surface area (Å²) >= 11 is 0. The van der Waals surface area contributed by atoms with Crippen molar-refractivity contribution in [3.8, 4) is 0 Å². The molecule has 1 aromatic heterocycles. The number of aryl methyl sites for hydroxylation is 1. The molecular weight excluding hydrogens is 219 g/mol. The quantitative estimate of drug-likeness (QED) is 0.769. The summed E-state index contributed by atoms with van der Waals surface area (Å²) in [4.78, 5) is 0. The Morgan fingerprint density at radius 2 is 1.88 bits per heavy atom. The van der Waals surface area contributed by atoms with Crippen LogP contribution in [0.3, 0.4) is 0 Å². The van der Waals surface area contributed by atoms with Gasteiger partial charge < -0.3 is 5.73 Å². The first-order chi connectivity index (χ1) is 7.54. The summed E-state index contributed by atoms with van der Waals surface area (Å²) in [5.41, 5.74) is 4.64. The van der Waals surface area contributed by atoms with Crippen LogP contribution in [0, 0.1) is 0 Å². The molecule has 0 aliphatic carbocycles. The fraction of sp³-hybridized carbons (Fsp3) is 0.700. The van der Waals surface area contributed by atoms with Gasteiger partial charge in [0.1, 0.15) is 0 Å². The lowest BCUT2D eigenvalue weighted by Gasteiger charge is -2.02. The van der Waals surface area contributed by atoms with Gasteiger partial charge in [-0.05, 0) is 19.4 Å². The molecule has 0 fully saturated rings. The van der Waals surface area contributed by atoms with E-state index < -0.39 is 11.7 Å². The van der Waals surface area contributed by atoms with Crippen LogP contribution in [-0.4, -0.2) is 16.3 Å². The highest BCUT2D eigenvalue weighted by Crippen LogP contribution is 2.28. The average molecular weight is 235 g/mol. The topological polar surface area (TPSA) is 43.8 Å². The smallest absolute Gasteiger partial charge is 0.330 e. The minimum atomic E-state index is -4.29. The zero-order valence-electron chi connectivity index (χ0n) is 9.00. The second-order valence-corrected chi connectivity index (χ2v) is 3.69. The lowest BCUT2D eigenvalue weighted by Crippen LogP contribution is -2.03. The summed E-state index contributed by atoms with van der Waals surface area (Å²) in [5, 5.41) is 3.67. The Bertz CT molecular complexity index is 307. The maximum Gasteiger partial charge on any atom is 0.419 e. The summed E-state index contributed by atoms with van der Waals surface area (Å²) in [6, 6.07) is 0. The van der Waals surface area contributed by atoms with Crippen molar-refractivity contribution < 1.29 is 13.2 Å². The first-order valence-electron chi connectivity index (χ1n) is 5.34. The highest BCUT2D eigenvalue weighted by Gasteiger charge is 2.31. The van der Waals surface area contributed by atoms with Crippen molar-refractivity contribution in [2.75, 3.05) is 6.54 Å². The zero-order valence-corrected chi connectivity index (χ0v) is 9.00. The van der Waals surface area contributed by atoms with Gasteiger partial charge in [-0.2, -0.15) is 18.3 Å². The number of nitrogens with two attached hydrogens (primary N) is 1. The molecule has 2 N–H and O–H groups in total. The van der Waals surface area contributed by atoms with E-state index in [-0.39, 0.29) is 0 Å². The molecule has 0 atom stereocenters. The molecule has 1 heterocycles. The van der Waals surface area contributed by atoms with Crippen molar-refractivity contribution in [2.45, 2.75) is 38.4 Å². The molecule has 92 valence electrons. The van der Waals surface area contributed by atoms with Gasteiger partial charge in [-0.1, -0.05) is 12.8 Å². The van der Waals surface area contributed by atoms with E-state index in [1.165, 1.54) is 4.68 Å². The average Bonchev–Trinajstić information content (AvgIpc) is 2.65. The van der Waals surface area contributed by atoms with Crippen LogP contribution < -0.4 is 5.73 Å². The predicted octanol–water partition coefficient (Wildman–Crippen LogP) is 2.42. The number of rotatable bonds is 6. The molecule has 0 aliphatic rings. The molecule has 0 bridgehead atoms. The van der Waals surface area contributed by atoms with Crippen molar-refractivity contribution in [3.05, 3.63) is 18.0 Å². The van der Waals surface area contributed by atoms with Gasteiger partial charge in [-0.3, -0.25) is 4.68 Å². The Labute approximate surface area is 92.4 Å². The molecule has 0 aliphatic heterocycles. The number of unbranched alkanes of at least 4 members (excludes halogenated alkanes) is 3. The Balaban J connectivity index is 2.30. The van der Waals surface area contributed by atoms with E-state index in [0.29, 0.717) is 13.1 Å². The van der Waals surface area contributed by atoms with Gasteiger partial charge in [0.2, 0.25) is 0 Å². The molecule has 0 saturated heterocycles. The normalized spacial score (nSPS) is 12.0. The van der Waals surface area contributed by atoms with Gasteiger partial charge in [0, 0.05) is 12.7 Å². The van der Waals surface area contributed by atoms with E-state index in [1.807, 2.05) is 0 Å². The Kier molecular flexibility index (Phi) is 4.79. The predicted molar refractivity (Wildman–Crippen MR) is 54.8 cm³/mol. The van der Waals surface area contributed by atoms with Crippen LogP contribution in [0.25, 0.3) is 0 Å². The molecule has 3 nitrogen and oxygen atoms in total. The van der Waals surface area contributed by atoms with Gasteiger partial charge in [-0.15, -0.1) is 0 Å². The Morgan fingerprint density at radius 3 is 2.44 bits per heavy atom. The molecule has 0 unspecified atom stereocenters. The largest absolute Gasteiger partial charge is 0.419 e. The van der Waals surface area contributed by atoms with Crippen LogP contribution in [0.4, 0.5) is 13.2 Å². The fourth-order valence-electron chi connectivity index (χ4n) is 1.40. The summed E-state index contributed by atoms with van der Waals surface area (Å²) in [5.74, 6) is 0. The Hall–Kier alpha value is -1.04. The number of hydrogen-bond acceptors (Lipinski definition) is 2. The minimum absolute atomic E-state index is 0.528. The minimum Gasteiger partial charge on any atom is -0.330 e. The van der Waals surface area contributed by atoms with Gasteiger partial charge in [0.15, 0.2) is 0 Å². The van der Waals surface area contributed by atoms with Crippen molar-refractivity contribution in [1.82, 2.24) is 9.78 Å². The van der Waals surface area contributed by atoms with E-state index in [4.69, 9.17) is 5.73 Å². The van der Waals surface area contributed by atoms with Crippen molar-refractivity contribution >= 4 is 0 Å². The highest BCUT2D eigenvalue weighted by atomic mass is 19.4. The lowest BCUT2D eigenvalue weighted by molar-refractivity contribution is -0.137. The second kappa shape index (κ2) is 5.89. The van der Waals surface area contributed by atoms with E-state index in [0.717, 1.165) is 38.1 Å². The van der Waals surface area contributed by atoms with Crippen molar-refractivity contribution in [3.63, 3.8) is 0 Å². The molecule has 16 heavy (non-hydrogen) atoms. The van der Waals surface area contributed by atoms with E-state index >= 15 is 0 Å². The number of hydrogen-bond donors (Lipinski definition) is 1. The summed E-state index contributed by atoms with van der Waals surface area (Å²) < 4.78 is 38.0. The van der Waals surface area contributed by atoms with Gasteiger partial charge >= 0.3 is 6.18 Å². The summed E-state index contributed by atoms with van der Waals surface area (Å²) in [6.07, 6.45) is 1.40. The molecular formula is C10H16F3N3. The van der Waals surface area contributed by atoms with E-state index in [2.05, 4.69) is 5.10 Å². The van der Waals surface area contributed by atoms with Crippen LogP contribution in [0.5, 0.6) is 0 Å². The molecule has 1 aromatic rings. The molecule has 6 heteroatoms. The first kappa shape index (κ1) is 13.0. The van der Waals surface area contributed by atoms with Crippen LogP contribution in [-0.2, 0) is 12.7 Å². The van der Waals surface area contributed by atoms with E-state index in [1.54, 1.807) is 0 Å². The maximum absolute atomic E-state index is 12.2. The zero-order chi connectivity index (χ0) is 12.0. The number of halogens is 3. The molecule has 0 spiro atoms. The third kappa shape index (κ3) is 4.22. The lowest BCUT2D eigenvalue weighted by atomic mass is 10.2. The summed E-state index contributed by atoms with van der Waals surface area (Å²) in [7, 11) is 0. The highest BCUT2D eigenvalue weighted by molar-refractivity contribution is 5.08. The standard InChI is InChI=1S/C10H16F3N3/c11-10(12,13)9-7-15-16(8-9)6-4-2-1-3-5-14/h7-8H,1-6,14H2. The van der Waals surface area contributed by atoms with Gasteiger partial charge in [-0.25, -0.2) is 0 Å². The van der Waals surface area contributed by atoms with Crippen LogP contribution in [0.2, 0.25) is 0 Å². The SMILES string of the molecule is NCCCCCCn1cc(C(F)(F)F)cn1. The molecule has 0 radical (unpaired) electrons. The second-order valence-electron chi connectivity index (χ2n) is 3.69. The summed E-state index contributed by atoms with van der Waals surface area (Å²) in [6.45, 7) is 1.20. The number of alkyl halides is 3. The fourth-order valence-corrected chi connectivity index (χ4v) is 1.40. The van der Waals surface area contributed by atoms with Crippen LogP contribution in [0.1, 0.15) is 31.2 Å². The van der Waals surface area contributed by atoms with E-state index in [9.17, 15) is 13.2 Å². The maximum atomic E-state index is 12.2. The van der Waals surface area contributed by atoms with Gasteiger partial charge in [0.05, 0.1) is 11.8 Å².